The van der Waals surface area contributed by atoms with Crippen LogP contribution in [0.15, 0.2) is 18.2 Å². The summed E-state index contributed by atoms with van der Waals surface area (Å²) < 4.78 is 0. The molecule has 1 aliphatic rings. The molecule has 0 radical (unpaired) electrons. The molecular formula is C14H17Cl2NO. The van der Waals surface area contributed by atoms with E-state index in [1.807, 2.05) is 4.90 Å². The van der Waals surface area contributed by atoms with Crippen LogP contribution in [0.3, 0.4) is 0 Å². The van der Waals surface area contributed by atoms with Crippen molar-refractivity contribution in [1.82, 2.24) is 4.90 Å². The first-order chi connectivity index (χ1) is 8.58. The van der Waals surface area contributed by atoms with Gasteiger partial charge in [0.05, 0.1) is 10.6 Å². The minimum Gasteiger partial charge on any atom is -0.339 e. The van der Waals surface area contributed by atoms with Gasteiger partial charge in [-0.15, -0.1) is 0 Å². The van der Waals surface area contributed by atoms with Crippen LogP contribution in [-0.4, -0.2) is 23.9 Å². The number of amides is 1. The van der Waals surface area contributed by atoms with Crippen molar-refractivity contribution in [3.05, 3.63) is 33.8 Å². The Kier molecular flexibility index (Phi) is 4.52. The summed E-state index contributed by atoms with van der Waals surface area (Å²) in [6.07, 6.45) is 3.31. The van der Waals surface area contributed by atoms with Crippen LogP contribution >= 0.6 is 23.2 Å². The van der Waals surface area contributed by atoms with E-state index in [0.29, 0.717) is 21.5 Å². The van der Waals surface area contributed by atoms with Crippen LogP contribution in [0.1, 0.15) is 36.5 Å². The summed E-state index contributed by atoms with van der Waals surface area (Å²) in [5.41, 5.74) is 0.513. The number of carbonyl (C=O) groups excluding carboxylic acids is 1. The van der Waals surface area contributed by atoms with Gasteiger partial charge in [0.15, 0.2) is 0 Å². The first-order valence-corrected chi connectivity index (χ1v) is 7.08. The van der Waals surface area contributed by atoms with Crippen LogP contribution in [0, 0.1) is 5.92 Å². The lowest BCUT2D eigenvalue weighted by Crippen LogP contribution is -2.32. The lowest BCUT2D eigenvalue weighted by molar-refractivity contribution is 0.0760. The quantitative estimate of drug-likeness (QED) is 0.755. The number of hydrogen-bond acceptors (Lipinski definition) is 1. The van der Waals surface area contributed by atoms with E-state index in [1.54, 1.807) is 18.2 Å². The van der Waals surface area contributed by atoms with Gasteiger partial charge in [-0.05, 0) is 43.4 Å². The van der Waals surface area contributed by atoms with Crippen molar-refractivity contribution in [2.75, 3.05) is 13.1 Å². The molecule has 0 saturated carbocycles. The summed E-state index contributed by atoms with van der Waals surface area (Å²) in [5.74, 6) is 0.689. The maximum Gasteiger partial charge on any atom is 0.255 e. The highest BCUT2D eigenvalue weighted by atomic mass is 35.5. The first kappa shape index (κ1) is 13.7. The van der Waals surface area contributed by atoms with Crippen molar-refractivity contribution in [3.8, 4) is 0 Å². The zero-order chi connectivity index (χ0) is 13.1. The Morgan fingerprint density at radius 2 is 2.06 bits per heavy atom. The molecule has 18 heavy (non-hydrogen) atoms. The van der Waals surface area contributed by atoms with E-state index in [2.05, 4.69) is 6.92 Å². The zero-order valence-corrected chi connectivity index (χ0v) is 12.0. The topological polar surface area (TPSA) is 20.3 Å². The highest BCUT2D eigenvalue weighted by molar-refractivity contribution is 6.35. The second kappa shape index (κ2) is 5.94. The Bertz CT molecular complexity index is 447. The van der Waals surface area contributed by atoms with Crippen molar-refractivity contribution in [1.29, 1.82) is 0 Å². The predicted octanol–water partition coefficient (Wildman–Crippen LogP) is 4.26. The Morgan fingerprint density at radius 1 is 1.28 bits per heavy atom. The Balaban J connectivity index is 2.17. The van der Waals surface area contributed by atoms with Crippen LogP contribution in [0.25, 0.3) is 0 Å². The summed E-state index contributed by atoms with van der Waals surface area (Å²) >= 11 is 12.0. The maximum absolute atomic E-state index is 12.4. The van der Waals surface area contributed by atoms with Crippen LogP contribution in [0.5, 0.6) is 0 Å². The molecule has 1 aliphatic heterocycles. The molecule has 1 heterocycles. The van der Waals surface area contributed by atoms with Gasteiger partial charge in [-0.3, -0.25) is 4.79 Å². The fourth-order valence-electron chi connectivity index (χ4n) is 2.30. The molecular weight excluding hydrogens is 269 g/mol. The third-order valence-corrected chi connectivity index (χ3v) is 4.03. The molecule has 4 heteroatoms. The molecule has 98 valence electrons. The molecule has 1 aromatic rings. The number of hydrogen-bond donors (Lipinski definition) is 0. The van der Waals surface area contributed by atoms with Gasteiger partial charge in [-0.2, -0.15) is 0 Å². The molecule has 2 nitrogen and oxygen atoms in total. The average molecular weight is 286 g/mol. The number of likely N-dealkylation sites (tertiary alicyclic amines) is 1. The molecule has 1 atom stereocenters. The fraction of sp³-hybridized carbons (Fsp3) is 0.500. The van der Waals surface area contributed by atoms with E-state index in [-0.39, 0.29) is 5.91 Å². The molecule has 0 aromatic heterocycles. The van der Waals surface area contributed by atoms with Gasteiger partial charge in [0.2, 0.25) is 0 Å². The second-order valence-electron chi connectivity index (χ2n) is 4.95. The largest absolute Gasteiger partial charge is 0.339 e. The third kappa shape index (κ3) is 3.18. The van der Waals surface area contributed by atoms with Crippen molar-refractivity contribution < 1.29 is 4.79 Å². The number of carbonyl (C=O) groups is 1. The van der Waals surface area contributed by atoms with Gasteiger partial charge < -0.3 is 4.90 Å². The Hall–Kier alpha value is -0.730. The van der Waals surface area contributed by atoms with E-state index >= 15 is 0 Å². The molecule has 1 fully saturated rings. The SMILES string of the molecule is CC1CCCN(C(=O)c2cc(Cl)ccc2Cl)CC1. The normalized spacial score (nSPS) is 20.6. The van der Waals surface area contributed by atoms with Crippen LogP contribution in [0.4, 0.5) is 0 Å². The Labute approximate surface area is 118 Å². The minimum atomic E-state index is -0.00315. The van der Waals surface area contributed by atoms with Gasteiger partial charge >= 0.3 is 0 Å². The fourth-order valence-corrected chi connectivity index (χ4v) is 2.67. The second-order valence-corrected chi connectivity index (χ2v) is 5.80. The molecule has 2 rings (SSSR count). The summed E-state index contributed by atoms with van der Waals surface area (Å²) in [6, 6.07) is 5.03. The van der Waals surface area contributed by atoms with Crippen LogP contribution < -0.4 is 0 Å². The molecule has 0 aliphatic carbocycles. The van der Waals surface area contributed by atoms with Crippen molar-refractivity contribution in [3.63, 3.8) is 0 Å². The van der Waals surface area contributed by atoms with E-state index in [0.717, 1.165) is 25.9 Å². The van der Waals surface area contributed by atoms with Crippen LogP contribution in [-0.2, 0) is 0 Å². The summed E-state index contributed by atoms with van der Waals surface area (Å²) in [4.78, 5) is 14.3. The van der Waals surface area contributed by atoms with E-state index in [4.69, 9.17) is 23.2 Å². The molecule has 0 spiro atoms. The zero-order valence-electron chi connectivity index (χ0n) is 10.5. The van der Waals surface area contributed by atoms with Crippen molar-refractivity contribution >= 4 is 29.1 Å². The summed E-state index contributed by atoms with van der Waals surface area (Å²) in [5, 5.41) is 1.02. The average Bonchev–Trinajstić information content (AvgIpc) is 2.56. The highest BCUT2D eigenvalue weighted by Crippen LogP contribution is 2.24. The number of benzene rings is 1. The van der Waals surface area contributed by atoms with Gasteiger partial charge in [-0.25, -0.2) is 0 Å². The third-order valence-electron chi connectivity index (χ3n) is 3.46. The summed E-state index contributed by atoms with van der Waals surface area (Å²) in [7, 11) is 0. The highest BCUT2D eigenvalue weighted by Gasteiger charge is 2.21. The number of halogens is 2. The molecule has 1 saturated heterocycles. The Morgan fingerprint density at radius 3 is 2.83 bits per heavy atom. The molecule has 1 aromatic carbocycles. The van der Waals surface area contributed by atoms with Gasteiger partial charge in [-0.1, -0.05) is 30.1 Å². The lowest BCUT2D eigenvalue weighted by atomic mass is 10.0. The lowest BCUT2D eigenvalue weighted by Gasteiger charge is -2.21. The molecule has 0 bridgehead atoms. The predicted molar refractivity (Wildman–Crippen MR) is 75.4 cm³/mol. The van der Waals surface area contributed by atoms with E-state index < -0.39 is 0 Å². The van der Waals surface area contributed by atoms with Gasteiger partial charge in [0.25, 0.3) is 5.91 Å². The minimum absolute atomic E-state index is 0.00315. The number of nitrogens with zero attached hydrogens (tertiary/aromatic N) is 1. The van der Waals surface area contributed by atoms with Crippen molar-refractivity contribution in [2.24, 2.45) is 5.92 Å². The maximum atomic E-state index is 12.4. The molecule has 0 N–H and O–H groups in total. The molecule has 1 amide bonds. The van der Waals surface area contributed by atoms with Crippen molar-refractivity contribution in [2.45, 2.75) is 26.2 Å². The van der Waals surface area contributed by atoms with Gasteiger partial charge in [0, 0.05) is 18.1 Å². The standard InChI is InChI=1S/C14H17Cl2NO/c1-10-3-2-7-17(8-6-10)14(18)12-9-11(15)4-5-13(12)16/h4-5,9-10H,2-3,6-8H2,1H3. The van der Waals surface area contributed by atoms with E-state index in [1.165, 1.54) is 6.42 Å². The summed E-state index contributed by atoms with van der Waals surface area (Å²) in [6.45, 7) is 3.86. The van der Waals surface area contributed by atoms with Crippen LogP contribution in [0.2, 0.25) is 10.0 Å². The number of rotatable bonds is 1. The monoisotopic (exact) mass is 285 g/mol. The first-order valence-electron chi connectivity index (χ1n) is 6.32. The smallest absolute Gasteiger partial charge is 0.255 e. The van der Waals surface area contributed by atoms with Gasteiger partial charge in [0.1, 0.15) is 0 Å². The van der Waals surface area contributed by atoms with E-state index in [9.17, 15) is 4.79 Å². The molecule has 1 unspecified atom stereocenters.